The summed E-state index contributed by atoms with van der Waals surface area (Å²) in [6.45, 7) is 3.98. The molecule has 0 saturated heterocycles. The molecule has 1 heterocycles. The van der Waals surface area contributed by atoms with E-state index >= 15 is 0 Å². The van der Waals surface area contributed by atoms with E-state index in [-0.39, 0.29) is 5.78 Å². The van der Waals surface area contributed by atoms with E-state index in [9.17, 15) is 13.6 Å². The molecule has 1 N–H and O–H groups in total. The minimum absolute atomic E-state index is 0.156. The molecule has 0 aliphatic heterocycles. The van der Waals surface area contributed by atoms with Crippen LogP contribution in [-0.2, 0) is 11.3 Å². The van der Waals surface area contributed by atoms with E-state index in [2.05, 4.69) is 9.29 Å². The van der Waals surface area contributed by atoms with Gasteiger partial charge in [0, 0.05) is 56.6 Å². The van der Waals surface area contributed by atoms with Gasteiger partial charge in [0.15, 0.2) is 5.78 Å². The van der Waals surface area contributed by atoms with Crippen LogP contribution in [0.5, 0.6) is 0 Å². The van der Waals surface area contributed by atoms with Crippen molar-refractivity contribution in [3.05, 3.63) is 70.5 Å². The highest BCUT2D eigenvalue weighted by molar-refractivity contribution is 7.80. The third kappa shape index (κ3) is 4.21. The fourth-order valence-electron chi connectivity index (χ4n) is 4.00. The Kier molecular flexibility index (Phi) is 5.82. The summed E-state index contributed by atoms with van der Waals surface area (Å²) < 4.78 is 26.2. The summed E-state index contributed by atoms with van der Waals surface area (Å²) in [5.41, 5.74) is 5.79. The lowest BCUT2D eigenvalue weighted by molar-refractivity contribution is 0.0976. The Hall–Kier alpha value is -2.41. The Morgan fingerprint density at radius 1 is 1.10 bits per heavy atom. The normalized spacial score (nSPS) is 14.5. The molecular formula is C23H22ClN2O3S-. The molecule has 3 aromatic rings. The maximum atomic E-state index is 13.2. The number of aromatic nitrogens is 1. The van der Waals surface area contributed by atoms with E-state index in [4.69, 9.17) is 11.6 Å². The Morgan fingerprint density at radius 2 is 1.73 bits per heavy atom. The number of benzene rings is 2. The second-order valence-electron chi connectivity index (χ2n) is 7.72. The van der Waals surface area contributed by atoms with Gasteiger partial charge in [0.2, 0.25) is 0 Å². The minimum atomic E-state index is -2.38. The number of hydrogen-bond donors (Lipinski definition) is 1. The van der Waals surface area contributed by atoms with E-state index in [1.165, 1.54) is 0 Å². The van der Waals surface area contributed by atoms with Crippen molar-refractivity contribution in [2.24, 2.45) is 5.92 Å². The summed E-state index contributed by atoms with van der Waals surface area (Å²) >= 11 is 3.68. The van der Waals surface area contributed by atoms with E-state index in [0.29, 0.717) is 23.0 Å². The molecule has 5 nitrogen and oxygen atoms in total. The smallest absolute Gasteiger partial charge is 0.165 e. The van der Waals surface area contributed by atoms with Crippen LogP contribution in [0.4, 0.5) is 5.69 Å². The van der Waals surface area contributed by atoms with Crippen molar-refractivity contribution in [3.8, 4) is 16.8 Å². The lowest BCUT2D eigenvalue weighted by Crippen LogP contribution is -2.05. The van der Waals surface area contributed by atoms with Crippen molar-refractivity contribution >= 4 is 34.3 Å². The van der Waals surface area contributed by atoms with Crippen LogP contribution in [0.1, 0.15) is 41.0 Å². The topological polar surface area (TPSA) is 74.2 Å². The zero-order valence-corrected chi connectivity index (χ0v) is 18.3. The molecule has 7 heteroatoms. The molecule has 0 radical (unpaired) electrons. The Bertz CT molecular complexity index is 1120. The molecule has 1 atom stereocenters. The minimum Gasteiger partial charge on any atom is -0.755 e. The van der Waals surface area contributed by atoms with Crippen LogP contribution in [0.15, 0.2) is 48.5 Å². The van der Waals surface area contributed by atoms with Crippen LogP contribution in [0.2, 0.25) is 5.02 Å². The highest BCUT2D eigenvalue weighted by Crippen LogP contribution is 2.39. The van der Waals surface area contributed by atoms with Gasteiger partial charge in [-0.2, -0.15) is 0 Å². The summed E-state index contributed by atoms with van der Waals surface area (Å²) in [5, 5.41) is 0.658. The van der Waals surface area contributed by atoms with Gasteiger partial charge in [-0.3, -0.25) is 9.00 Å². The number of nitrogens with zero attached hydrogens (tertiary/aromatic N) is 1. The van der Waals surface area contributed by atoms with Gasteiger partial charge in [0.1, 0.15) is 0 Å². The molecule has 2 aromatic carbocycles. The molecule has 1 aliphatic rings. The van der Waals surface area contributed by atoms with Crippen LogP contribution in [0.25, 0.3) is 16.8 Å². The Balaban J connectivity index is 1.84. The molecule has 156 valence electrons. The molecule has 0 bridgehead atoms. The van der Waals surface area contributed by atoms with Crippen LogP contribution in [0, 0.1) is 19.8 Å². The van der Waals surface area contributed by atoms with E-state index in [1.807, 2.05) is 50.2 Å². The summed E-state index contributed by atoms with van der Waals surface area (Å²) in [7, 11) is 0. The highest BCUT2D eigenvalue weighted by Gasteiger charge is 2.30. The first-order chi connectivity index (χ1) is 14.3. The van der Waals surface area contributed by atoms with Crippen LogP contribution >= 0.6 is 11.6 Å². The summed E-state index contributed by atoms with van der Waals surface area (Å²) in [6.07, 6.45) is 2.79. The molecule has 1 aliphatic carbocycles. The average molecular weight is 442 g/mol. The lowest BCUT2D eigenvalue weighted by atomic mass is 9.95. The lowest BCUT2D eigenvalue weighted by Gasteiger charge is -2.11. The van der Waals surface area contributed by atoms with E-state index < -0.39 is 11.3 Å². The first-order valence-corrected chi connectivity index (χ1v) is 11.3. The van der Waals surface area contributed by atoms with Gasteiger partial charge in [-0.25, -0.2) is 0 Å². The van der Waals surface area contributed by atoms with Crippen LogP contribution in [0.3, 0.4) is 0 Å². The largest absolute Gasteiger partial charge is 0.755 e. The van der Waals surface area contributed by atoms with Gasteiger partial charge in [0.05, 0.1) is 0 Å². The number of carbonyl (C=O) groups is 1. The molecule has 0 spiro atoms. The SMILES string of the molecule is Cc1c(C(=O)CC2CC2)c(-c2ccc(NS(=O)[O-])cc2)c(C)n1-c1ccc(Cl)cc1. The standard InChI is InChI=1S/C23H23ClN2O3S/c1-14-22(17-5-9-19(10-6-17)25-30(28)29)23(21(27)13-16-3-4-16)15(2)26(14)20-11-7-18(24)8-12-20/h5-12,16,25H,3-4,13H2,1-2H3,(H,28,29)/p-1. The quantitative estimate of drug-likeness (QED) is 0.383. The molecule has 1 saturated carbocycles. The maximum absolute atomic E-state index is 13.2. The molecule has 1 aromatic heterocycles. The molecular weight excluding hydrogens is 420 g/mol. The number of carbonyl (C=O) groups excluding carboxylic acids is 1. The van der Waals surface area contributed by atoms with Gasteiger partial charge >= 0.3 is 0 Å². The third-order valence-corrected chi connectivity index (χ3v) is 6.21. The van der Waals surface area contributed by atoms with Crippen molar-refractivity contribution in [1.82, 2.24) is 4.57 Å². The van der Waals surface area contributed by atoms with Crippen molar-refractivity contribution in [2.75, 3.05) is 4.72 Å². The number of nitrogens with one attached hydrogen (secondary N) is 1. The number of rotatable bonds is 7. The Morgan fingerprint density at radius 3 is 2.30 bits per heavy atom. The maximum Gasteiger partial charge on any atom is 0.165 e. The second kappa shape index (κ2) is 8.38. The van der Waals surface area contributed by atoms with Crippen LogP contribution < -0.4 is 4.72 Å². The predicted molar refractivity (Wildman–Crippen MR) is 120 cm³/mol. The molecule has 4 rings (SSSR count). The molecule has 0 amide bonds. The monoisotopic (exact) mass is 441 g/mol. The number of Topliss-reactive ketones (excluding diaryl/α,β-unsaturated/α-hetero) is 1. The van der Waals surface area contributed by atoms with Crippen molar-refractivity contribution in [1.29, 1.82) is 0 Å². The van der Waals surface area contributed by atoms with Crippen LogP contribution in [-0.4, -0.2) is 19.1 Å². The predicted octanol–water partition coefficient (Wildman–Crippen LogP) is 5.60. The summed E-state index contributed by atoms with van der Waals surface area (Å²) in [5.74, 6) is 0.645. The first kappa shape index (κ1) is 20.8. The summed E-state index contributed by atoms with van der Waals surface area (Å²) in [4.78, 5) is 13.2. The fraction of sp³-hybridized carbons (Fsp3) is 0.261. The van der Waals surface area contributed by atoms with E-state index in [1.54, 1.807) is 12.1 Å². The zero-order valence-electron chi connectivity index (χ0n) is 16.8. The van der Waals surface area contributed by atoms with E-state index in [0.717, 1.165) is 46.6 Å². The average Bonchev–Trinajstić information content (AvgIpc) is 3.47. The number of hydrogen-bond acceptors (Lipinski definition) is 3. The second-order valence-corrected chi connectivity index (χ2v) is 8.83. The van der Waals surface area contributed by atoms with Gasteiger partial charge in [-0.1, -0.05) is 23.7 Å². The van der Waals surface area contributed by atoms with Gasteiger partial charge in [-0.15, -0.1) is 0 Å². The van der Waals surface area contributed by atoms with Gasteiger partial charge < -0.3 is 13.8 Å². The van der Waals surface area contributed by atoms with Crippen molar-refractivity contribution in [3.63, 3.8) is 0 Å². The summed E-state index contributed by atoms with van der Waals surface area (Å²) in [6, 6.07) is 14.7. The molecule has 1 unspecified atom stereocenters. The first-order valence-electron chi connectivity index (χ1n) is 9.82. The third-order valence-electron chi connectivity index (χ3n) is 5.55. The van der Waals surface area contributed by atoms with Gasteiger partial charge in [-0.05, 0) is 74.6 Å². The molecule has 30 heavy (non-hydrogen) atoms. The highest BCUT2D eigenvalue weighted by atomic mass is 35.5. The number of halogens is 1. The molecule has 1 fully saturated rings. The van der Waals surface area contributed by atoms with Crippen molar-refractivity contribution in [2.45, 2.75) is 33.1 Å². The Labute approximate surface area is 183 Å². The van der Waals surface area contributed by atoms with Gasteiger partial charge in [0.25, 0.3) is 0 Å². The van der Waals surface area contributed by atoms with Crippen molar-refractivity contribution < 1.29 is 13.6 Å². The number of ketones is 1. The number of anilines is 1. The zero-order chi connectivity index (χ0) is 21.4. The fourth-order valence-corrected chi connectivity index (χ4v) is 4.45.